The van der Waals surface area contributed by atoms with Crippen molar-refractivity contribution in [2.45, 2.75) is 38.5 Å². The Labute approximate surface area is 129 Å². The van der Waals surface area contributed by atoms with E-state index in [1.54, 1.807) is 0 Å². The van der Waals surface area contributed by atoms with Gasteiger partial charge in [0.2, 0.25) is 0 Å². The van der Waals surface area contributed by atoms with E-state index in [1.165, 1.54) is 6.42 Å². The minimum atomic E-state index is -0.181. The molecule has 0 aromatic carbocycles. The van der Waals surface area contributed by atoms with Crippen LogP contribution in [0.2, 0.25) is 0 Å². The minimum Gasteiger partial charge on any atom is -0.391 e. The van der Waals surface area contributed by atoms with Gasteiger partial charge >= 0.3 is 0 Å². The van der Waals surface area contributed by atoms with Gasteiger partial charge in [0.05, 0.1) is 19.4 Å². The van der Waals surface area contributed by atoms with Crippen molar-refractivity contribution >= 4 is 0 Å². The topological polar surface area (TPSA) is 33.2 Å². The van der Waals surface area contributed by atoms with Gasteiger partial charge in [0.15, 0.2) is 0 Å². The zero-order valence-electron chi connectivity index (χ0n) is 14.1. The highest BCUT2D eigenvalue weighted by Gasteiger charge is 2.51. The molecule has 3 rings (SSSR count). The molecule has 0 aromatic rings. The predicted octanol–water partition coefficient (Wildman–Crippen LogP) is 0.170. The maximum Gasteiger partial charge on any atom is 0.0754 e. The van der Waals surface area contributed by atoms with Crippen LogP contribution in [0, 0.1) is 11.8 Å². The molecule has 5 nitrogen and oxygen atoms in total. The van der Waals surface area contributed by atoms with Crippen LogP contribution in [0.5, 0.6) is 0 Å². The van der Waals surface area contributed by atoms with Gasteiger partial charge in [-0.25, -0.2) is 0 Å². The lowest BCUT2D eigenvalue weighted by Gasteiger charge is -2.58. The van der Waals surface area contributed by atoms with Crippen LogP contribution < -0.4 is 0 Å². The second-order valence-corrected chi connectivity index (χ2v) is 7.38. The first kappa shape index (κ1) is 15.7. The number of aliphatic hydroxyl groups excluding tert-OH is 1. The van der Waals surface area contributed by atoms with Crippen LogP contribution in [0.25, 0.3) is 0 Å². The fraction of sp³-hybridized carbons (Fsp3) is 1.00. The maximum atomic E-state index is 11.1. The lowest BCUT2D eigenvalue weighted by molar-refractivity contribution is -0.146. The van der Waals surface area contributed by atoms with Crippen LogP contribution in [0.3, 0.4) is 0 Å². The highest BCUT2D eigenvalue weighted by Crippen LogP contribution is 2.40. The molecule has 2 aliphatic heterocycles. The molecule has 21 heavy (non-hydrogen) atoms. The molecule has 122 valence electrons. The first-order chi connectivity index (χ1) is 10.0. The van der Waals surface area contributed by atoms with Crippen molar-refractivity contribution in [2.75, 3.05) is 53.6 Å². The van der Waals surface area contributed by atoms with Crippen LogP contribution >= 0.6 is 0 Å². The van der Waals surface area contributed by atoms with E-state index in [9.17, 15) is 5.11 Å². The van der Waals surface area contributed by atoms with Gasteiger partial charge in [0, 0.05) is 31.1 Å². The average Bonchev–Trinajstić information content (AvgIpc) is 2.46. The Balaban J connectivity index is 1.84. The quantitative estimate of drug-likeness (QED) is 0.786. The third kappa shape index (κ3) is 2.75. The summed E-state index contributed by atoms with van der Waals surface area (Å²) in [4.78, 5) is 9.85. The van der Waals surface area contributed by atoms with Crippen molar-refractivity contribution in [3.63, 3.8) is 0 Å². The lowest BCUT2D eigenvalue weighted by Crippen LogP contribution is -2.69. The molecule has 1 saturated carbocycles. The van der Waals surface area contributed by atoms with Gasteiger partial charge in [-0.1, -0.05) is 13.8 Å². The Morgan fingerprint density at radius 3 is 2.24 bits per heavy atom. The van der Waals surface area contributed by atoms with Crippen LogP contribution in [0.1, 0.15) is 20.3 Å². The van der Waals surface area contributed by atoms with Gasteiger partial charge in [-0.2, -0.15) is 0 Å². The summed E-state index contributed by atoms with van der Waals surface area (Å²) >= 11 is 0. The third-order valence-corrected chi connectivity index (χ3v) is 5.93. The molecule has 0 bridgehead atoms. The molecule has 3 aliphatic rings. The molecule has 5 heteroatoms. The van der Waals surface area contributed by atoms with Crippen molar-refractivity contribution in [2.24, 2.45) is 11.8 Å². The van der Waals surface area contributed by atoms with Crippen molar-refractivity contribution in [1.29, 1.82) is 0 Å². The van der Waals surface area contributed by atoms with E-state index in [0.29, 0.717) is 23.9 Å². The highest BCUT2D eigenvalue weighted by atomic mass is 16.3. The van der Waals surface area contributed by atoms with Crippen LogP contribution in [-0.2, 0) is 0 Å². The summed E-state index contributed by atoms with van der Waals surface area (Å²) in [6, 6.07) is 0.922. The summed E-state index contributed by atoms with van der Waals surface area (Å²) in [5, 5.41) is 11.1. The second-order valence-electron chi connectivity index (χ2n) is 7.38. The second kappa shape index (κ2) is 6.13. The van der Waals surface area contributed by atoms with Gasteiger partial charge in [0.25, 0.3) is 0 Å². The number of nitrogens with zero attached hydrogens (tertiary/aromatic N) is 4. The largest absolute Gasteiger partial charge is 0.391 e. The standard InChI is InChI=1S/C16H32N4O/c1-5-19-10-18(4)9-13-14(19)7-12-8-17(3)11-20(6-2)15(12)16(13)21/h12-16,21H,5-11H2,1-4H3. The number of likely N-dealkylation sites (N-methyl/N-ethyl adjacent to an activating group) is 1. The number of aliphatic hydroxyl groups is 1. The van der Waals surface area contributed by atoms with Gasteiger partial charge in [-0.15, -0.1) is 0 Å². The van der Waals surface area contributed by atoms with E-state index in [-0.39, 0.29) is 6.10 Å². The Bertz CT molecular complexity index is 366. The summed E-state index contributed by atoms with van der Waals surface area (Å²) < 4.78 is 0. The molecule has 5 atom stereocenters. The van der Waals surface area contributed by atoms with Gasteiger partial charge < -0.3 is 5.11 Å². The first-order valence-electron chi connectivity index (χ1n) is 8.58. The van der Waals surface area contributed by atoms with Crippen molar-refractivity contribution < 1.29 is 5.11 Å². The van der Waals surface area contributed by atoms with Crippen molar-refractivity contribution in [3.8, 4) is 0 Å². The zero-order chi connectivity index (χ0) is 15.1. The number of hydrogen-bond acceptors (Lipinski definition) is 5. The molecule has 2 heterocycles. The van der Waals surface area contributed by atoms with Gasteiger partial charge in [-0.3, -0.25) is 19.6 Å². The smallest absolute Gasteiger partial charge is 0.0754 e. The Morgan fingerprint density at radius 2 is 1.57 bits per heavy atom. The van der Waals surface area contributed by atoms with Crippen molar-refractivity contribution in [3.05, 3.63) is 0 Å². The van der Waals surface area contributed by atoms with Crippen LogP contribution in [-0.4, -0.2) is 96.5 Å². The lowest BCUT2D eigenvalue weighted by atomic mass is 9.70. The molecule has 0 aromatic heterocycles. The molecular weight excluding hydrogens is 264 g/mol. The van der Waals surface area contributed by atoms with E-state index in [1.807, 2.05) is 0 Å². The Hall–Kier alpha value is -0.200. The zero-order valence-corrected chi connectivity index (χ0v) is 14.1. The monoisotopic (exact) mass is 296 g/mol. The van der Waals surface area contributed by atoms with Gasteiger partial charge in [0.1, 0.15) is 0 Å². The molecule has 0 radical (unpaired) electrons. The summed E-state index contributed by atoms with van der Waals surface area (Å²) in [5.74, 6) is 1.01. The van der Waals surface area contributed by atoms with Crippen LogP contribution in [0.4, 0.5) is 0 Å². The van der Waals surface area contributed by atoms with Crippen molar-refractivity contribution in [1.82, 2.24) is 19.6 Å². The first-order valence-corrected chi connectivity index (χ1v) is 8.58. The summed E-state index contributed by atoms with van der Waals surface area (Å²) in [7, 11) is 4.40. The summed E-state index contributed by atoms with van der Waals surface area (Å²) in [5.41, 5.74) is 0. The maximum absolute atomic E-state index is 11.1. The molecule has 1 aliphatic carbocycles. The van der Waals surface area contributed by atoms with E-state index >= 15 is 0 Å². The molecule has 0 spiro atoms. The Morgan fingerprint density at radius 1 is 0.952 bits per heavy atom. The van der Waals surface area contributed by atoms with Crippen LogP contribution in [0.15, 0.2) is 0 Å². The Kier molecular flexibility index (Phi) is 4.58. The molecular formula is C16H32N4O. The fourth-order valence-electron chi connectivity index (χ4n) is 5.07. The molecule has 0 amide bonds. The van der Waals surface area contributed by atoms with Gasteiger partial charge in [-0.05, 0) is 39.5 Å². The molecule has 5 unspecified atom stereocenters. The minimum absolute atomic E-state index is 0.181. The van der Waals surface area contributed by atoms with E-state index < -0.39 is 0 Å². The van der Waals surface area contributed by atoms with E-state index in [0.717, 1.165) is 39.5 Å². The highest BCUT2D eigenvalue weighted by molar-refractivity contribution is 5.04. The summed E-state index contributed by atoms with van der Waals surface area (Å²) in [6.45, 7) is 10.8. The number of rotatable bonds is 2. The van der Waals surface area contributed by atoms with E-state index in [2.05, 4.69) is 47.5 Å². The average molecular weight is 296 g/mol. The fourth-order valence-corrected chi connectivity index (χ4v) is 5.07. The number of fused-ring (bicyclic) bond motifs is 2. The third-order valence-electron chi connectivity index (χ3n) is 5.93. The predicted molar refractivity (Wildman–Crippen MR) is 84.9 cm³/mol. The normalized spacial score (nSPS) is 43.6. The molecule has 3 fully saturated rings. The number of hydrogen-bond donors (Lipinski definition) is 1. The van der Waals surface area contributed by atoms with E-state index in [4.69, 9.17) is 0 Å². The SMILES string of the molecule is CCN1CN(C)CC2C(O)C3C(CC21)CN(C)CN3CC. The summed E-state index contributed by atoms with van der Waals surface area (Å²) in [6.07, 6.45) is 1.06. The molecule has 1 N–H and O–H groups in total. The molecule has 2 saturated heterocycles.